The van der Waals surface area contributed by atoms with Crippen LogP contribution in [-0.2, 0) is 11.2 Å². The van der Waals surface area contributed by atoms with Crippen LogP contribution in [0.5, 0.6) is 5.75 Å². The van der Waals surface area contributed by atoms with Crippen molar-refractivity contribution in [2.24, 2.45) is 5.73 Å². The van der Waals surface area contributed by atoms with Gasteiger partial charge in [0.15, 0.2) is 0 Å². The number of hydrogen-bond donors (Lipinski definition) is 1. The van der Waals surface area contributed by atoms with Gasteiger partial charge in [-0.25, -0.2) is 0 Å². The van der Waals surface area contributed by atoms with Crippen LogP contribution in [0.2, 0.25) is 0 Å². The van der Waals surface area contributed by atoms with Crippen LogP contribution in [0, 0.1) is 0 Å². The van der Waals surface area contributed by atoms with E-state index in [1.54, 1.807) is 0 Å². The zero-order valence-electron chi connectivity index (χ0n) is 12.5. The van der Waals surface area contributed by atoms with E-state index in [1.807, 2.05) is 12.1 Å². The Morgan fingerprint density at radius 1 is 1.20 bits per heavy atom. The van der Waals surface area contributed by atoms with Gasteiger partial charge in [0.05, 0.1) is 12.2 Å². The Kier molecular flexibility index (Phi) is 5.83. The van der Waals surface area contributed by atoms with Crippen LogP contribution in [0.3, 0.4) is 0 Å². The Balaban J connectivity index is 1.72. The lowest BCUT2D eigenvalue weighted by Crippen LogP contribution is -2.46. The second-order valence-corrected chi connectivity index (χ2v) is 5.55. The van der Waals surface area contributed by atoms with Crippen LogP contribution < -0.4 is 10.5 Å². The zero-order chi connectivity index (χ0) is 14.4. The molecule has 1 fully saturated rings. The normalized spacial score (nSPS) is 23.8. The van der Waals surface area contributed by atoms with Crippen molar-refractivity contribution in [3.8, 4) is 5.75 Å². The zero-order valence-corrected chi connectivity index (χ0v) is 12.5. The van der Waals surface area contributed by atoms with Gasteiger partial charge in [0, 0.05) is 19.6 Å². The van der Waals surface area contributed by atoms with Crippen LogP contribution in [0.15, 0.2) is 24.3 Å². The minimum Gasteiger partial charge on any atom is -0.492 e. The fourth-order valence-corrected chi connectivity index (χ4v) is 2.68. The first-order chi connectivity index (χ1) is 9.67. The maximum atomic E-state index is 5.80. The third-order valence-corrected chi connectivity index (χ3v) is 3.53. The van der Waals surface area contributed by atoms with Crippen LogP contribution in [0.25, 0.3) is 0 Å². The highest BCUT2D eigenvalue weighted by molar-refractivity contribution is 5.27. The number of benzene rings is 1. The van der Waals surface area contributed by atoms with Crippen molar-refractivity contribution in [2.45, 2.75) is 32.5 Å². The van der Waals surface area contributed by atoms with E-state index in [1.165, 1.54) is 5.56 Å². The molecule has 1 heterocycles. The van der Waals surface area contributed by atoms with Crippen molar-refractivity contribution in [2.75, 3.05) is 32.8 Å². The molecule has 0 radical (unpaired) electrons. The Hall–Kier alpha value is -1.10. The third kappa shape index (κ3) is 4.78. The van der Waals surface area contributed by atoms with Gasteiger partial charge in [0.1, 0.15) is 12.4 Å². The minimum atomic E-state index is 0.314. The SMILES string of the molecule is C[C@@H]1CN(CCOc2ccc(CCN)cc2)C[C@H](C)O1. The van der Waals surface area contributed by atoms with E-state index in [9.17, 15) is 0 Å². The van der Waals surface area contributed by atoms with E-state index in [0.29, 0.717) is 18.8 Å². The van der Waals surface area contributed by atoms with Crippen molar-refractivity contribution in [1.82, 2.24) is 4.90 Å². The Morgan fingerprint density at radius 2 is 1.85 bits per heavy atom. The third-order valence-electron chi connectivity index (χ3n) is 3.53. The average molecular weight is 278 g/mol. The van der Waals surface area contributed by atoms with Crippen LogP contribution >= 0.6 is 0 Å². The monoisotopic (exact) mass is 278 g/mol. The Morgan fingerprint density at radius 3 is 2.45 bits per heavy atom. The van der Waals surface area contributed by atoms with Crippen molar-refractivity contribution >= 4 is 0 Å². The molecule has 112 valence electrons. The van der Waals surface area contributed by atoms with Crippen molar-refractivity contribution in [3.05, 3.63) is 29.8 Å². The van der Waals surface area contributed by atoms with Crippen molar-refractivity contribution in [3.63, 3.8) is 0 Å². The number of rotatable bonds is 6. The molecule has 0 unspecified atom stereocenters. The molecule has 4 heteroatoms. The van der Waals surface area contributed by atoms with Crippen LogP contribution in [0.4, 0.5) is 0 Å². The summed E-state index contributed by atoms with van der Waals surface area (Å²) in [5, 5.41) is 0. The summed E-state index contributed by atoms with van der Waals surface area (Å²) in [4.78, 5) is 2.40. The molecule has 2 rings (SSSR count). The van der Waals surface area contributed by atoms with Gasteiger partial charge >= 0.3 is 0 Å². The Labute approximate surface area is 121 Å². The standard InChI is InChI=1S/C16H26N2O2/c1-13-11-18(12-14(2)20-13)9-10-19-16-5-3-15(4-6-16)7-8-17/h3-6,13-14H,7-12,17H2,1-2H3/t13-,14+. The quantitative estimate of drug-likeness (QED) is 0.860. The molecule has 1 aliphatic rings. The number of nitrogens with zero attached hydrogens (tertiary/aromatic N) is 1. The molecule has 0 amide bonds. The fraction of sp³-hybridized carbons (Fsp3) is 0.625. The van der Waals surface area contributed by atoms with E-state index in [-0.39, 0.29) is 0 Å². The van der Waals surface area contributed by atoms with Gasteiger partial charge in [-0.1, -0.05) is 12.1 Å². The molecule has 1 saturated heterocycles. The van der Waals surface area contributed by atoms with Crippen molar-refractivity contribution < 1.29 is 9.47 Å². The highest BCUT2D eigenvalue weighted by Gasteiger charge is 2.21. The summed E-state index contributed by atoms with van der Waals surface area (Å²) in [5.41, 5.74) is 6.80. The summed E-state index contributed by atoms with van der Waals surface area (Å²) in [6, 6.07) is 8.22. The van der Waals surface area contributed by atoms with Gasteiger partial charge < -0.3 is 15.2 Å². The molecule has 2 atom stereocenters. The molecule has 0 saturated carbocycles. The van der Waals surface area contributed by atoms with Gasteiger partial charge in [0.2, 0.25) is 0 Å². The molecule has 0 spiro atoms. The smallest absolute Gasteiger partial charge is 0.119 e. The first-order valence-electron chi connectivity index (χ1n) is 7.47. The van der Waals surface area contributed by atoms with E-state index in [4.69, 9.17) is 15.2 Å². The molecule has 1 aromatic carbocycles. The van der Waals surface area contributed by atoms with Crippen molar-refractivity contribution in [1.29, 1.82) is 0 Å². The predicted molar refractivity (Wildman–Crippen MR) is 81.1 cm³/mol. The highest BCUT2D eigenvalue weighted by atomic mass is 16.5. The van der Waals surface area contributed by atoms with Crippen LogP contribution in [0.1, 0.15) is 19.4 Å². The number of ether oxygens (including phenoxy) is 2. The summed E-state index contributed by atoms with van der Waals surface area (Å²) >= 11 is 0. The molecule has 0 aliphatic carbocycles. The minimum absolute atomic E-state index is 0.314. The van der Waals surface area contributed by atoms with Gasteiger partial charge in [-0.3, -0.25) is 4.90 Å². The first kappa shape index (κ1) is 15.3. The lowest BCUT2D eigenvalue weighted by atomic mass is 10.1. The first-order valence-corrected chi connectivity index (χ1v) is 7.47. The van der Waals surface area contributed by atoms with E-state index in [2.05, 4.69) is 30.9 Å². The molecule has 1 aliphatic heterocycles. The summed E-state index contributed by atoms with van der Waals surface area (Å²) < 4.78 is 11.5. The topological polar surface area (TPSA) is 47.7 Å². The molecule has 0 aromatic heterocycles. The van der Waals surface area contributed by atoms with Gasteiger partial charge in [-0.05, 0) is 44.5 Å². The molecule has 0 bridgehead atoms. The average Bonchev–Trinajstić information content (AvgIpc) is 2.40. The van der Waals surface area contributed by atoms with Gasteiger partial charge in [0.25, 0.3) is 0 Å². The summed E-state index contributed by atoms with van der Waals surface area (Å²) in [6.07, 6.45) is 1.55. The largest absolute Gasteiger partial charge is 0.492 e. The fourth-order valence-electron chi connectivity index (χ4n) is 2.68. The molecule has 20 heavy (non-hydrogen) atoms. The molecule has 1 aromatic rings. The van der Waals surface area contributed by atoms with E-state index >= 15 is 0 Å². The molecule has 4 nitrogen and oxygen atoms in total. The molecular formula is C16H26N2O2. The lowest BCUT2D eigenvalue weighted by Gasteiger charge is -2.35. The second-order valence-electron chi connectivity index (χ2n) is 5.55. The van der Waals surface area contributed by atoms with Gasteiger partial charge in [-0.2, -0.15) is 0 Å². The van der Waals surface area contributed by atoms with Crippen LogP contribution in [-0.4, -0.2) is 49.9 Å². The summed E-state index contributed by atoms with van der Waals surface area (Å²) in [7, 11) is 0. The van der Waals surface area contributed by atoms with E-state index in [0.717, 1.165) is 38.4 Å². The lowest BCUT2D eigenvalue weighted by molar-refractivity contribution is -0.0699. The molecular weight excluding hydrogens is 252 g/mol. The Bertz CT molecular complexity index is 384. The number of morpholine rings is 1. The highest BCUT2D eigenvalue weighted by Crippen LogP contribution is 2.13. The predicted octanol–water partition coefficient (Wildman–Crippen LogP) is 1.68. The number of hydrogen-bond acceptors (Lipinski definition) is 4. The van der Waals surface area contributed by atoms with Gasteiger partial charge in [-0.15, -0.1) is 0 Å². The van der Waals surface area contributed by atoms with E-state index < -0.39 is 0 Å². The number of nitrogens with two attached hydrogens (primary N) is 1. The maximum Gasteiger partial charge on any atom is 0.119 e. The maximum absolute atomic E-state index is 5.80. The summed E-state index contributed by atoms with van der Waals surface area (Å²) in [6.45, 7) is 8.58. The molecule has 2 N–H and O–H groups in total. The summed E-state index contributed by atoms with van der Waals surface area (Å²) in [5.74, 6) is 0.931. The second kappa shape index (κ2) is 7.62.